The molecule has 4 rings (SSSR count). The Hall–Kier alpha value is -4.57. The second-order valence-corrected chi connectivity index (χ2v) is 6.96. The van der Waals surface area contributed by atoms with Crippen LogP contribution in [0.1, 0.15) is 42.2 Å². The molecule has 33 heavy (non-hydrogen) atoms. The van der Waals surface area contributed by atoms with E-state index in [0.29, 0.717) is 28.4 Å². The minimum absolute atomic E-state index is 0.0151. The number of hydrogen-bond acceptors (Lipinski definition) is 7. The van der Waals surface area contributed by atoms with Crippen LogP contribution in [0.2, 0.25) is 0 Å². The van der Waals surface area contributed by atoms with Gasteiger partial charge in [0, 0.05) is 28.3 Å². The maximum absolute atomic E-state index is 13.1. The first-order valence-electron chi connectivity index (χ1n) is 9.87. The van der Waals surface area contributed by atoms with Gasteiger partial charge in [0.05, 0.1) is 19.8 Å². The van der Waals surface area contributed by atoms with E-state index in [0.717, 1.165) is 0 Å². The normalized spacial score (nSPS) is 11.2. The quantitative estimate of drug-likeness (QED) is 0.258. The van der Waals surface area contributed by atoms with Crippen molar-refractivity contribution in [2.45, 2.75) is 0 Å². The molecule has 1 aliphatic rings. The van der Waals surface area contributed by atoms with Crippen molar-refractivity contribution >= 4 is 17.5 Å². The zero-order chi connectivity index (χ0) is 23.4. The summed E-state index contributed by atoms with van der Waals surface area (Å²) in [6, 6.07) is 15.8. The number of methoxy groups -OCH3 is 2. The van der Waals surface area contributed by atoms with Crippen molar-refractivity contribution in [2.75, 3.05) is 21.0 Å². The second-order valence-electron chi connectivity index (χ2n) is 6.96. The Morgan fingerprint density at radius 2 is 1.42 bits per heavy atom. The van der Waals surface area contributed by atoms with Crippen molar-refractivity contribution in [3.05, 3.63) is 88.5 Å². The summed E-state index contributed by atoms with van der Waals surface area (Å²) in [6.45, 7) is 0.0151. The largest absolute Gasteiger partial charge is 0.497 e. The maximum atomic E-state index is 13.1. The highest BCUT2D eigenvalue weighted by molar-refractivity contribution is 6.49. The third kappa shape index (κ3) is 4.55. The molecule has 0 atom stereocenters. The summed E-state index contributed by atoms with van der Waals surface area (Å²) < 4.78 is 20.6. The molecule has 0 radical (unpaired) electrons. The number of carbonyl (C=O) groups is 3. The van der Waals surface area contributed by atoms with E-state index in [1.54, 1.807) is 37.4 Å². The van der Waals surface area contributed by atoms with E-state index in [2.05, 4.69) is 16.6 Å². The average molecular weight is 442 g/mol. The van der Waals surface area contributed by atoms with E-state index in [1.165, 1.54) is 37.4 Å². The number of ketones is 2. The summed E-state index contributed by atoms with van der Waals surface area (Å²) in [4.78, 5) is 37.6. The molecule has 0 bridgehead atoms. The van der Waals surface area contributed by atoms with Gasteiger partial charge in [-0.2, -0.15) is 0 Å². The van der Waals surface area contributed by atoms with Crippen LogP contribution in [0.3, 0.4) is 0 Å². The highest BCUT2D eigenvalue weighted by Gasteiger charge is 2.25. The summed E-state index contributed by atoms with van der Waals surface area (Å²) in [6.07, 6.45) is 0. The Morgan fingerprint density at radius 3 is 2.06 bits per heavy atom. The minimum Gasteiger partial charge on any atom is -0.497 e. The lowest BCUT2D eigenvalue weighted by molar-refractivity contribution is 0.0600. The van der Waals surface area contributed by atoms with Crippen LogP contribution in [-0.4, -0.2) is 38.5 Å². The topological polar surface area (TPSA) is 88.1 Å². The molecular weight excluding hydrogens is 424 g/mol. The Kier molecular flexibility index (Phi) is 6.09. The maximum Gasteiger partial charge on any atom is 0.337 e. The fourth-order valence-corrected chi connectivity index (χ4v) is 3.18. The van der Waals surface area contributed by atoms with Gasteiger partial charge in [0.1, 0.15) is 5.75 Å². The Labute approximate surface area is 189 Å². The monoisotopic (exact) mass is 442 g/mol. The van der Waals surface area contributed by atoms with E-state index in [-0.39, 0.29) is 23.5 Å². The van der Waals surface area contributed by atoms with E-state index in [1.807, 2.05) is 0 Å². The third-order valence-corrected chi connectivity index (χ3v) is 4.96. The lowest BCUT2D eigenvalue weighted by Crippen LogP contribution is -2.16. The molecule has 0 unspecified atom stereocenters. The number of esters is 1. The molecule has 0 N–H and O–H groups in total. The number of carbonyl (C=O) groups excluding carboxylic acids is 3. The van der Waals surface area contributed by atoms with Gasteiger partial charge < -0.3 is 18.9 Å². The van der Waals surface area contributed by atoms with Gasteiger partial charge in [-0.1, -0.05) is 24.0 Å². The van der Waals surface area contributed by atoms with E-state index in [4.69, 9.17) is 14.2 Å². The predicted octanol–water partition coefficient (Wildman–Crippen LogP) is 3.68. The lowest BCUT2D eigenvalue weighted by atomic mass is 9.96. The standard InChI is InChI=1S/C26H18O7/c1-30-20-11-4-16(5-12-20)3-6-19-13-22-23(33-15-32-22)14-21(19)25(28)24(27)17-7-9-18(10-8-17)26(29)31-2/h4-5,7-14H,15H2,1-2H3. The molecule has 0 aliphatic carbocycles. The summed E-state index contributed by atoms with van der Waals surface area (Å²) >= 11 is 0. The van der Waals surface area contributed by atoms with Crippen LogP contribution in [0.4, 0.5) is 0 Å². The van der Waals surface area contributed by atoms with Crippen LogP contribution in [0.5, 0.6) is 17.2 Å². The van der Waals surface area contributed by atoms with Crippen molar-refractivity contribution in [1.82, 2.24) is 0 Å². The molecule has 0 aromatic heterocycles. The van der Waals surface area contributed by atoms with Crippen LogP contribution < -0.4 is 14.2 Å². The Morgan fingerprint density at radius 1 is 0.788 bits per heavy atom. The van der Waals surface area contributed by atoms with Crippen LogP contribution in [0, 0.1) is 11.8 Å². The molecule has 0 spiro atoms. The number of Topliss-reactive ketones (excluding diaryl/α,β-unsaturated/α-hetero) is 2. The third-order valence-electron chi connectivity index (χ3n) is 4.96. The van der Waals surface area contributed by atoms with Gasteiger partial charge >= 0.3 is 5.97 Å². The molecular formula is C26H18O7. The zero-order valence-corrected chi connectivity index (χ0v) is 17.8. The molecule has 0 amide bonds. The van der Waals surface area contributed by atoms with Gasteiger partial charge in [0.2, 0.25) is 18.4 Å². The number of benzene rings is 3. The van der Waals surface area contributed by atoms with Crippen LogP contribution in [-0.2, 0) is 4.74 Å². The van der Waals surface area contributed by atoms with Gasteiger partial charge in [-0.25, -0.2) is 4.79 Å². The minimum atomic E-state index is -0.752. The summed E-state index contributed by atoms with van der Waals surface area (Å²) in [5, 5.41) is 0. The molecule has 1 heterocycles. The smallest absolute Gasteiger partial charge is 0.337 e. The summed E-state index contributed by atoms with van der Waals surface area (Å²) in [5.74, 6) is 5.42. The van der Waals surface area contributed by atoms with Gasteiger partial charge in [-0.05, 0) is 42.5 Å². The first-order chi connectivity index (χ1) is 16.0. The van der Waals surface area contributed by atoms with Crippen molar-refractivity contribution in [1.29, 1.82) is 0 Å². The number of hydrogen-bond donors (Lipinski definition) is 0. The van der Waals surface area contributed by atoms with Crippen LogP contribution in [0.25, 0.3) is 0 Å². The van der Waals surface area contributed by atoms with Crippen LogP contribution in [0.15, 0.2) is 60.7 Å². The lowest BCUT2D eigenvalue weighted by Gasteiger charge is -2.06. The summed E-state index contributed by atoms with van der Waals surface area (Å²) in [5.41, 5.74) is 1.55. The first kappa shape index (κ1) is 21.7. The fraction of sp³-hybridized carbons (Fsp3) is 0.115. The Balaban J connectivity index is 1.67. The fourth-order valence-electron chi connectivity index (χ4n) is 3.18. The SMILES string of the molecule is COC(=O)c1ccc(C(=O)C(=O)c2cc3c(cc2C#Cc2ccc(OC)cc2)OCO3)cc1. The predicted molar refractivity (Wildman–Crippen MR) is 118 cm³/mol. The molecule has 7 nitrogen and oxygen atoms in total. The molecule has 7 heteroatoms. The highest BCUT2D eigenvalue weighted by Crippen LogP contribution is 2.35. The number of ether oxygens (including phenoxy) is 4. The second kappa shape index (κ2) is 9.28. The molecule has 3 aromatic rings. The number of fused-ring (bicyclic) bond motifs is 1. The molecule has 164 valence electrons. The molecule has 0 saturated heterocycles. The molecule has 1 aliphatic heterocycles. The van der Waals surface area contributed by atoms with Crippen molar-refractivity contribution < 1.29 is 33.3 Å². The molecule has 0 fully saturated rings. The zero-order valence-electron chi connectivity index (χ0n) is 17.8. The van der Waals surface area contributed by atoms with E-state index >= 15 is 0 Å². The van der Waals surface area contributed by atoms with E-state index < -0.39 is 17.5 Å². The van der Waals surface area contributed by atoms with Crippen molar-refractivity contribution in [2.24, 2.45) is 0 Å². The molecule has 0 saturated carbocycles. The van der Waals surface area contributed by atoms with Gasteiger partial charge in [-0.15, -0.1) is 0 Å². The molecule has 3 aromatic carbocycles. The van der Waals surface area contributed by atoms with Crippen molar-refractivity contribution in [3.63, 3.8) is 0 Å². The Bertz CT molecular complexity index is 1290. The number of rotatable bonds is 5. The van der Waals surface area contributed by atoms with Crippen LogP contribution >= 0.6 is 0 Å². The van der Waals surface area contributed by atoms with Gasteiger partial charge in [0.15, 0.2) is 11.5 Å². The van der Waals surface area contributed by atoms with E-state index in [9.17, 15) is 14.4 Å². The van der Waals surface area contributed by atoms with Crippen molar-refractivity contribution in [3.8, 4) is 29.1 Å². The average Bonchev–Trinajstić information content (AvgIpc) is 3.33. The summed E-state index contributed by atoms with van der Waals surface area (Å²) in [7, 11) is 2.84. The first-order valence-corrected chi connectivity index (χ1v) is 9.87. The van der Waals surface area contributed by atoms with Gasteiger partial charge in [-0.3, -0.25) is 9.59 Å². The highest BCUT2D eigenvalue weighted by atomic mass is 16.7. The van der Waals surface area contributed by atoms with Gasteiger partial charge in [0.25, 0.3) is 0 Å².